The summed E-state index contributed by atoms with van der Waals surface area (Å²) in [6.07, 6.45) is -34.1. The molecule has 27 heteroatoms. The zero-order valence-electron chi connectivity index (χ0n) is 51.4. The van der Waals surface area contributed by atoms with Crippen molar-refractivity contribution in [2.45, 2.75) is 279 Å². The predicted octanol–water partition coefficient (Wildman–Crippen LogP) is -2.43. The molecule has 16 N–H and O–H groups in total. The predicted molar refractivity (Wildman–Crippen MR) is 298 cm³/mol. The van der Waals surface area contributed by atoms with E-state index in [2.05, 4.69) is 40.7 Å². The highest BCUT2D eigenvalue weighted by Gasteiger charge is 2.71. The van der Waals surface area contributed by atoms with E-state index >= 15 is 4.79 Å². The van der Waals surface area contributed by atoms with Gasteiger partial charge in [-0.25, -0.2) is 4.79 Å². The number of allylic oxidation sites excluding steroid dienone is 2. The average molecular weight is 1260 g/mol. The molecule has 0 spiro atoms. The highest BCUT2D eigenvalue weighted by molar-refractivity contribution is 5.79. The molecule has 0 bridgehead atoms. The first-order valence-electron chi connectivity index (χ1n) is 31.6. The molecule has 504 valence electrons. The zero-order chi connectivity index (χ0) is 64.4. The Balaban J connectivity index is 0.913. The van der Waals surface area contributed by atoms with E-state index in [0.717, 1.165) is 5.57 Å². The quantitative estimate of drug-likeness (QED) is 0.0489. The van der Waals surface area contributed by atoms with Crippen molar-refractivity contribution in [1.29, 1.82) is 0 Å². The molecule has 0 radical (unpaired) electrons. The van der Waals surface area contributed by atoms with Gasteiger partial charge in [-0.15, -0.1) is 0 Å². The monoisotopic (exact) mass is 1260 g/mol. The van der Waals surface area contributed by atoms with Gasteiger partial charge in [-0.05, 0) is 123 Å². The maximum Gasteiger partial charge on any atom is 0.335 e. The standard InChI is InChI=1S/C61H98O27/c1-24-19-28(36(67)39(70)34(24)65)81-47-41(72)37(68)29(21-62)82-52(47)87-49-44(75)43(74)46(50(77)78)85-54(49)84-33-12-13-57(5)31(58(33,6)23-64)11-14-60(8)32(57)10-9-26-27-20-56(3,4)15-17-61(27,18-16-59(26,60)7)55(79)88-53-48(42(73)38(69)30(22-63)83-53)86-51-45(76)40(71)35(66)25(2)80-51/h9,24-25,27-49,51-54,62-76H,10-23H2,1-8H3,(H,77,78)/t24-,25+,27+,28-,29-,30-,31+,32+,33+,34+,35+,36+,37+,38-,39-,40-,41+,42+,43+,44+,45-,46+,47-,48-,49-,51+,52+,53+,54-,57+,58-,59-,60-,61+/m1/s1. The Kier molecular flexibility index (Phi) is 19.6. The van der Waals surface area contributed by atoms with Gasteiger partial charge in [-0.2, -0.15) is 0 Å². The molecule has 6 aliphatic carbocycles. The second-order valence-electron chi connectivity index (χ2n) is 29.5. The molecule has 0 unspecified atom stereocenters. The van der Waals surface area contributed by atoms with Crippen LogP contribution < -0.4 is 0 Å². The van der Waals surface area contributed by atoms with Gasteiger partial charge in [-0.1, -0.05) is 60.1 Å². The maximum atomic E-state index is 15.4. The summed E-state index contributed by atoms with van der Waals surface area (Å²) in [5.74, 6) is -3.48. The van der Waals surface area contributed by atoms with Crippen molar-refractivity contribution in [3.63, 3.8) is 0 Å². The lowest BCUT2D eigenvalue weighted by Gasteiger charge is -2.71. The van der Waals surface area contributed by atoms with Gasteiger partial charge in [0.2, 0.25) is 6.29 Å². The molecule has 27 nitrogen and oxygen atoms in total. The Hall–Kier alpha value is -2.24. The van der Waals surface area contributed by atoms with Gasteiger partial charge in [0.15, 0.2) is 31.1 Å². The first-order valence-corrected chi connectivity index (χ1v) is 31.6. The molecule has 34 atom stereocenters. The highest BCUT2D eigenvalue weighted by atomic mass is 16.8. The second kappa shape index (κ2) is 25.2. The maximum absolute atomic E-state index is 15.4. The van der Waals surface area contributed by atoms with E-state index in [0.29, 0.717) is 57.8 Å². The summed E-state index contributed by atoms with van der Waals surface area (Å²) >= 11 is 0. The number of aliphatic carboxylic acids is 1. The Morgan fingerprint density at radius 2 is 1.12 bits per heavy atom. The number of esters is 1. The van der Waals surface area contributed by atoms with Crippen molar-refractivity contribution in [3.8, 4) is 0 Å². The van der Waals surface area contributed by atoms with Gasteiger partial charge < -0.3 is 124 Å². The minimum Gasteiger partial charge on any atom is -0.479 e. The molecule has 10 aliphatic rings. The fourth-order valence-corrected chi connectivity index (χ4v) is 18.3. The number of fused-ring (bicyclic) bond motifs is 7. The Morgan fingerprint density at radius 1 is 0.557 bits per heavy atom. The first-order chi connectivity index (χ1) is 41.2. The topological polar surface area (TPSA) is 441 Å². The Morgan fingerprint density at radius 3 is 1.75 bits per heavy atom. The van der Waals surface area contributed by atoms with Crippen LogP contribution in [0.4, 0.5) is 0 Å². The molecule has 4 saturated heterocycles. The summed E-state index contributed by atoms with van der Waals surface area (Å²) < 4.78 is 55.1. The number of carbonyl (C=O) groups is 2. The van der Waals surface area contributed by atoms with Gasteiger partial charge in [0.1, 0.15) is 91.6 Å². The molecule has 4 aliphatic heterocycles. The third kappa shape index (κ3) is 11.3. The number of rotatable bonds is 14. The van der Waals surface area contributed by atoms with Crippen molar-refractivity contribution in [2.75, 3.05) is 19.8 Å². The van der Waals surface area contributed by atoms with Crippen LogP contribution in [0.15, 0.2) is 11.6 Å². The molecule has 9 fully saturated rings. The average Bonchev–Trinajstić information content (AvgIpc) is 0.728. The van der Waals surface area contributed by atoms with Crippen molar-refractivity contribution < 1.29 is 134 Å². The van der Waals surface area contributed by atoms with Crippen LogP contribution >= 0.6 is 0 Å². The fraction of sp³-hybridized carbons (Fsp3) is 0.934. The van der Waals surface area contributed by atoms with Crippen molar-refractivity contribution in [2.24, 2.45) is 56.2 Å². The van der Waals surface area contributed by atoms with Crippen molar-refractivity contribution in [1.82, 2.24) is 0 Å². The fourth-order valence-electron chi connectivity index (χ4n) is 18.3. The van der Waals surface area contributed by atoms with E-state index in [-0.39, 0.29) is 36.0 Å². The van der Waals surface area contributed by atoms with E-state index in [1.165, 1.54) is 6.92 Å². The van der Waals surface area contributed by atoms with Gasteiger partial charge >= 0.3 is 11.9 Å². The summed E-state index contributed by atoms with van der Waals surface area (Å²) in [7, 11) is 0. The minimum atomic E-state index is -2.13. The van der Waals surface area contributed by atoms with Crippen LogP contribution in [0, 0.1) is 56.2 Å². The number of carbonyl (C=O) groups excluding carboxylic acids is 1. The minimum absolute atomic E-state index is 0.000916. The van der Waals surface area contributed by atoms with Crippen LogP contribution in [0.1, 0.15) is 126 Å². The molecule has 5 saturated carbocycles. The van der Waals surface area contributed by atoms with E-state index in [1.807, 2.05) is 6.92 Å². The molecular formula is C61H98O27. The van der Waals surface area contributed by atoms with Crippen molar-refractivity contribution in [3.05, 3.63) is 11.6 Å². The number of ether oxygens (including phenoxy) is 9. The number of carboxylic acids is 1. The summed E-state index contributed by atoms with van der Waals surface area (Å²) in [4.78, 5) is 28.1. The largest absolute Gasteiger partial charge is 0.479 e. The van der Waals surface area contributed by atoms with E-state index in [9.17, 15) is 86.5 Å². The summed E-state index contributed by atoms with van der Waals surface area (Å²) in [5, 5.41) is 175. The normalized spacial score (nSPS) is 54.6. The van der Waals surface area contributed by atoms with Crippen LogP contribution in [0.3, 0.4) is 0 Å². The third-order valence-corrected chi connectivity index (χ3v) is 24.1. The van der Waals surface area contributed by atoms with E-state index in [1.54, 1.807) is 6.92 Å². The number of aliphatic hydroxyl groups excluding tert-OH is 15. The van der Waals surface area contributed by atoms with Crippen LogP contribution in [0.25, 0.3) is 0 Å². The summed E-state index contributed by atoms with van der Waals surface area (Å²) in [6.45, 7) is 14.1. The van der Waals surface area contributed by atoms with Crippen LogP contribution in [-0.4, -0.2) is 267 Å². The Bertz CT molecular complexity index is 2510. The molecule has 88 heavy (non-hydrogen) atoms. The highest BCUT2D eigenvalue weighted by Crippen LogP contribution is 2.76. The number of hydrogen-bond acceptors (Lipinski definition) is 26. The van der Waals surface area contributed by atoms with Gasteiger partial charge in [0.25, 0.3) is 0 Å². The third-order valence-electron chi connectivity index (χ3n) is 24.1. The molecule has 0 aromatic heterocycles. The van der Waals surface area contributed by atoms with Gasteiger partial charge in [0.05, 0.1) is 49.7 Å². The zero-order valence-corrected chi connectivity index (χ0v) is 51.4. The van der Waals surface area contributed by atoms with Gasteiger partial charge in [0, 0.05) is 5.41 Å². The lowest BCUT2D eigenvalue weighted by molar-refractivity contribution is -0.383. The second-order valence-corrected chi connectivity index (χ2v) is 29.5. The van der Waals surface area contributed by atoms with Crippen LogP contribution in [0.5, 0.6) is 0 Å². The first kappa shape index (κ1) is 68.6. The molecule has 10 rings (SSSR count). The number of aliphatic hydroxyl groups is 15. The lowest BCUT2D eigenvalue weighted by atomic mass is 9.33. The number of hydrogen-bond donors (Lipinski definition) is 16. The van der Waals surface area contributed by atoms with Crippen LogP contribution in [-0.2, 0) is 52.2 Å². The molecule has 0 aromatic rings. The van der Waals surface area contributed by atoms with Crippen molar-refractivity contribution >= 4 is 11.9 Å². The summed E-state index contributed by atoms with van der Waals surface area (Å²) in [6, 6.07) is 0. The van der Waals surface area contributed by atoms with Crippen LogP contribution in [0.2, 0.25) is 0 Å². The smallest absolute Gasteiger partial charge is 0.335 e. The number of carboxylic acid groups (broad SMARTS) is 1. The molecule has 0 amide bonds. The molecular weight excluding hydrogens is 1160 g/mol. The lowest BCUT2D eigenvalue weighted by Crippen LogP contribution is -2.68. The molecule has 4 heterocycles. The summed E-state index contributed by atoms with van der Waals surface area (Å²) in [5.41, 5.74) is -2.64. The molecule has 0 aromatic carbocycles. The Labute approximate surface area is 511 Å². The van der Waals surface area contributed by atoms with E-state index < -0.39 is 218 Å². The SMILES string of the molecule is C[C@@H]1C[C@@H](O[C@H]2[C@H](O[C@H]3[C@H](O[C@H]4CC[C@@]5(C)[C@H](CC[C@]6(C)[C@H]5CC=C5[C@@H]7CC(C)(C)CC[C@]7(C(=O)O[C@@H]7O[C@H](CO)[C@@H](O)[C@H](O)[C@H]7O[C@@H]7O[C@@H](C)[C@H](O)[C@@H](O)[C@H]7O)CC[C@]56C)[C@@]4(C)CO)O[C@H](C(=O)O)[C@@H](O)[C@@H]3O)O[C@H](CO)[C@H](O)[C@@H]2O)[C@H](O)[C@H](O)[C@H]1O. The van der Waals surface area contributed by atoms with E-state index in [4.69, 9.17) is 42.6 Å². The van der Waals surface area contributed by atoms with Gasteiger partial charge in [-0.3, -0.25) is 4.79 Å².